The van der Waals surface area contributed by atoms with Gasteiger partial charge < -0.3 is 16.0 Å². The summed E-state index contributed by atoms with van der Waals surface area (Å²) in [5.41, 5.74) is 6.92. The maximum absolute atomic E-state index is 11.9. The van der Waals surface area contributed by atoms with E-state index in [4.69, 9.17) is 17.3 Å². The third-order valence-electron chi connectivity index (χ3n) is 3.66. The predicted octanol–water partition coefficient (Wildman–Crippen LogP) is 3.76. The third kappa shape index (κ3) is 6.36. The lowest BCUT2D eigenvalue weighted by molar-refractivity contribution is -0.116. The lowest BCUT2D eigenvalue weighted by Crippen LogP contribution is -2.30. The van der Waals surface area contributed by atoms with Crippen molar-refractivity contribution < 1.29 is 4.79 Å². The van der Waals surface area contributed by atoms with Crippen LogP contribution in [0.25, 0.3) is 0 Å². The van der Waals surface area contributed by atoms with Crippen molar-refractivity contribution in [1.29, 1.82) is 0 Å². The summed E-state index contributed by atoms with van der Waals surface area (Å²) in [5.74, 6) is -0.0134. The van der Waals surface area contributed by atoms with Crippen LogP contribution in [0, 0.1) is 0 Å². The van der Waals surface area contributed by atoms with Gasteiger partial charge in [-0.15, -0.1) is 0 Å². The Morgan fingerprint density at radius 1 is 1.48 bits per heavy atom. The molecule has 21 heavy (non-hydrogen) atoms. The van der Waals surface area contributed by atoms with Gasteiger partial charge in [-0.3, -0.25) is 4.79 Å². The van der Waals surface area contributed by atoms with Gasteiger partial charge in [0.2, 0.25) is 5.91 Å². The molecule has 0 saturated carbocycles. The number of carbonyl (C=O) groups excluding carboxylic acids is 1. The van der Waals surface area contributed by atoms with Gasteiger partial charge in [-0.05, 0) is 51.6 Å². The minimum Gasteiger partial charge on any atom is -0.397 e. The van der Waals surface area contributed by atoms with Crippen molar-refractivity contribution in [3.05, 3.63) is 23.2 Å². The monoisotopic (exact) mass is 311 g/mol. The molecule has 1 aromatic carbocycles. The molecular weight excluding hydrogens is 286 g/mol. The van der Waals surface area contributed by atoms with Crippen LogP contribution in [-0.2, 0) is 4.79 Å². The summed E-state index contributed by atoms with van der Waals surface area (Å²) in [6.07, 6.45) is 3.70. The molecule has 4 nitrogen and oxygen atoms in total. The Labute approximate surface area is 132 Å². The van der Waals surface area contributed by atoms with Gasteiger partial charge in [-0.2, -0.15) is 0 Å². The Kier molecular flexibility index (Phi) is 7.54. The lowest BCUT2D eigenvalue weighted by Gasteiger charge is -2.24. The van der Waals surface area contributed by atoms with E-state index in [1.807, 2.05) is 0 Å². The third-order valence-corrected chi connectivity index (χ3v) is 3.90. The number of nitrogens with zero attached hydrogens (tertiary/aromatic N) is 1. The highest BCUT2D eigenvalue weighted by molar-refractivity contribution is 6.31. The normalized spacial score (nSPS) is 12.4. The topological polar surface area (TPSA) is 58.4 Å². The Hall–Kier alpha value is -1.26. The van der Waals surface area contributed by atoms with E-state index in [9.17, 15) is 4.79 Å². The summed E-state index contributed by atoms with van der Waals surface area (Å²) < 4.78 is 0. The molecule has 0 fully saturated rings. The molecule has 1 amide bonds. The summed E-state index contributed by atoms with van der Waals surface area (Å²) in [6, 6.07) is 5.64. The number of hydrogen-bond acceptors (Lipinski definition) is 3. The van der Waals surface area contributed by atoms with E-state index in [0.717, 1.165) is 13.0 Å². The number of nitrogens with one attached hydrogen (secondary N) is 1. The molecule has 5 heteroatoms. The second-order valence-electron chi connectivity index (χ2n) is 5.50. The maximum atomic E-state index is 11.9. The molecule has 0 heterocycles. The van der Waals surface area contributed by atoms with Gasteiger partial charge in [0.05, 0.1) is 11.4 Å². The number of anilines is 2. The number of hydrogen-bond donors (Lipinski definition) is 2. The van der Waals surface area contributed by atoms with Crippen LogP contribution in [0.15, 0.2) is 18.2 Å². The molecule has 0 aliphatic rings. The van der Waals surface area contributed by atoms with Crippen LogP contribution in [0.3, 0.4) is 0 Å². The molecular formula is C16H26ClN3O. The molecule has 3 N–H and O–H groups in total. The van der Waals surface area contributed by atoms with Crippen molar-refractivity contribution in [2.24, 2.45) is 0 Å². The number of benzene rings is 1. The van der Waals surface area contributed by atoms with Crippen LogP contribution in [-0.4, -0.2) is 30.4 Å². The number of nitrogens with two attached hydrogens (primary N) is 1. The van der Waals surface area contributed by atoms with Crippen LogP contribution in [0.5, 0.6) is 0 Å². The fourth-order valence-electron chi connectivity index (χ4n) is 2.21. The summed E-state index contributed by atoms with van der Waals surface area (Å²) in [7, 11) is 2.11. The second kappa shape index (κ2) is 8.90. The van der Waals surface area contributed by atoms with Crippen LogP contribution >= 0.6 is 11.6 Å². The van der Waals surface area contributed by atoms with Gasteiger partial charge in [-0.25, -0.2) is 0 Å². The number of rotatable bonds is 8. The number of nitrogen functional groups attached to an aromatic ring is 1. The highest BCUT2D eigenvalue weighted by Crippen LogP contribution is 2.22. The van der Waals surface area contributed by atoms with Gasteiger partial charge in [0.15, 0.2) is 0 Å². The Morgan fingerprint density at radius 2 is 2.19 bits per heavy atom. The van der Waals surface area contributed by atoms with Crippen molar-refractivity contribution >= 4 is 28.9 Å². The molecule has 0 radical (unpaired) electrons. The quantitative estimate of drug-likeness (QED) is 0.719. The number of halogens is 1. The minimum absolute atomic E-state index is 0.0134. The fourth-order valence-corrected chi connectivity index (χ4v) is 2.39. The second-order valence-corrected chi connectivity index (χ2v) is 5.94. The largest absolute Gasteiger partial charge is 0.397 e. The highest BCUT2D eigenvalue weighted by atomic mass is 35.5. The van der Waals surface area contributed by atoms with E-state index >= 15 is 0 Å². The zero-order valence-corrected chi connectivity index (χ0v) is 13.9. The predicted molar refractivity (Wildman–Crippen MR) is 90.7 cm³/mol. The smallest absolute Gasteiger partial charge is 0.224 e. The van der Waals surface area contributed by atoms with Crippen LogP contribution in [0.2, 0.25) is 5.02 Å². The molecule has 0 aromatic heterocycles. The number of carbonyl (C=O) groups is 1. The standard InChI is InChI=1S/C16H26ClN3O/c1-4-6-12(2)20(3)10-5-7-16(21)19-15-9-8-13(17)11-14(15)18/h8-9,11-12H,4-7,10,18H2,1-3H3,(H,19,21). The van der Waals surface area contributed by atoms with Crippen LogP contribution in [0.1, 0.15) is 39.5 Å². The van der Waals surface area contributed by atoms with Gasteiger partial charge >= 0.3 is 0 Å². The number of amides is 1. The van der Waals surface area contributed by atoms with E-state index in [0.29, 0.717) is 28.9 Å². The molecule has 0 saturated heterocycles. The van der Waals surface area contributed by atoms with Gasteiger partial charge in [0.25, 0.3) is 0 Å². The van der Waals surface area contributed by atoms with E-state index in [2.05, 4.69) is 31.1 Å². The van der Waals surface area contributed by atoms with Crippen LogP contribution < -0.4 is 11.1 Å². The molecule has 0 aliphatic carbocycles. The van der Waals surface area contributed by atoms with E-state index < -0.39 is 0 Å². The van der Waals surface area contributed by atoms with E-state index in [1.165, 1.54) is 12.8 Å². The minimum atomic E-state index is -0.0134. The Bertz CT molecular complexity index is 465. The van der Waals surface area contributed by atoms with Crippen LogP contribution in [0.4, 0.5) is 11.4 Å². The molecule has 1 unspecified atom stereocenters. The first kappa shape index (κ1) is 17.8. The SMILES string of the molecule is CCCC(C)N(C)CCCC(=O)Nc1ccc(Cl)cc1N. The molecule has 0 aliphatic heterocycles. The first-order valence-corrected chi connectivity index (χ1v) is 7.87. The maximum Gasteiger partial charge on any atom is 0.224 e. The zero-order valence-electron chi connectivity index (χ0n) is 13.2. The Balaban J connectivity index is 2.34. The first-order chi connectivity index (χ1) is 9.93. The van der Waals surface area contributed by atoms with Crippen molar-refractivity contribution in [2.45, 2.75) is 45.6 Å². The summed E-state index contributed by atoms with van der Waals surface area (Å²) >= 11 is 5.83. The fraction of sp³-hybridized carbons (Fsp3) is 0.562. The summed E-state index contributed by atoms with van der Waals surface area (Å²) in [6.45, 7) is 5.33. The van der Waals surface area contributed by atoms with E-state index in [-0.39, 0.29) is 5.91 Å². The molecule has 0 bridgehead atoms. The average molecular weight is 312 g/mol. The Morgan fingerprint density at radius 3 is 2.81 bits per heavy atom. The van der Waals surface area contributed by atoms with Crippen molar-refractivity contribution in [2.75, 3.05) is 24.6 Å². The summed E-state index contributed by atoms with van der Waals surface area (Å²) in [5, 5.41) is 3.39. The summed E-state index contributed by atoms with van der Waals surface area (Å²) in [4.78, 5) is 14.2. The first-order valence-electron chi connectivity index (χ1n) is 7.49. The van der Waals surface area contributed by atoms with Crippen molar-refractivity contribution in [3.63, 3.8) is 0 Å². The average Bonchev–Trinajstić information content (AvgIpc) is 2.42. The van der Waals surface area contributed by atoms with Gasteiger partial charge in [0.1, 0.15) is 0 Å². The molecule has 1 atom stereocenters. The highest BCUT2D eigenvalue weighted by Gasteiger charge is 2.10. The zero-order chi connectivity index (χ0) is 15.8. The van der Waals surface area contributed by atoms with Crippen molar-refractivity contribution in [3.8, 4) is 0 Å². The molecule has 1 aromatic rings. The molecule has 1 rings (SSSR count). The molecule has 118 valence electrons. The van der Waals surface area contributed by atoms with Gasteiger partial charge in [0, 0.05) is 17.5 Å². The van der Waals surface area contributed by atoms with E-state index in [1.54, 1.807) is 18.2 Å². The lowest BCUT2D eigenvalue weighted by atomic mass is 10.1. The van der Waals surface area contributed by atoms with Crippen molar-refractivity contribution in [1.82, 2.24) is 4.90 Å². The molecule has 0 spiro atoms. The van der Waals surface area contributed by atoms with Gasteiger partial charge in [-0.1, -0.05) is 24.9 Å².